The van der Waals surface area contributed by atoms with Gasteiger partial charge < -0.3 is 5.32 Å². The van der Waals surface area contributed by atoms with Crippen molar-refractivity contribution in [3.8, 4) is 0 Å². The zero-order valence-electron chi connectivity index (χ0n) is 10.1. The number of amides is 2. The fourth-order valence-electron chi connectivity index (χ4n) is 2.19. The number of aryl methyl sites for hydroxylation is 1. The minimum atomic E-state index is 0.0108. The summed E-state index contributed by atoms with van der Waals surface area (Å²) in [6.07, 6.45) is 0. The van der Waals surface area contributed by atoms with Gasteiger partial charge in [-0.3, -0.25) is 4.90 Å². The predicted molar refractivity (Wildman–Crippen MR) is 66.0 cm³/mol. The lowest BCUT2D eigenvalue weighted by molar-refractivity contribution is 0.252. The van der Waals surface area contributed by atoms with Crippen LogP contribution in [0.5, 0.6) is 0 Å². The molecule has 0 radical (unpaired) electrons. The first-order valence-corrected chi connectivity index (χ1v) is 5.75. The molecule has 1 aromatic carbocycles. The lowest BCUT2D eigenvalue weighted by Crippen LogP contribution is -2.27. The van der Waals surface area contributed by atoms with Gasteiger partial charge in [0.2, 0.25) is 0 Å². The average molecular weight is 218 g/mol. The number of carbonyl (C=O) groups excluding carboxylic acids is 1. The molecule has 0 aromatic heterocycles. The maximum atomic E-state index is 11.5. The van der Waals surface area contributed by atoms with Crippen molar-refractivity contribution >= 4 is 11.7 Å². The second-order valence-corrected chi connectivity index (χ2v) is 4.58. The molecule has 86 valence electrons. The summed E-state index contributed by atoms with van der Waals surface area (Å²) in [4.78, 5) is 13.3. The first kappa shape index (κ1) is 11.0. The van der Waals surface area contributed by atoms with E-state index in [2.05, 4.69) is 38.2 Å². The molecular weight excluding hydrogens is 200 g/mol. The topological polar surface area (TPSA) is 32.3 Å². The molecule has 1 heterocycles. The maximum Gasteiger partial charge on any atom is 0.321 e. The molecule has 1 aliphatic heterocycles. The number of nitrogens with one attached hydrogen (secondary N) is 1. The van der Waals surface area contributed by atoms with Crippen molar-refractivity contribution in [2.45, 2.75) is 26.7 Å². The Morgan fingerprint density at radius 1 is 1.38 bits per heavy atom. The number of anilines is 1. The third kappa shape index (κ3) is 1.90. The largest absolute Gasteiger partial charge is 0.336 e. The van der Waals surface area contributed by atoms with Crippen LogP contribution in [-0.2, 0) is 0 Å². The van der Waals surface area contributed by atoms with Crippen LogP contribution >= 0.6 is 0 Å². The van der Waals surface area contributed by atoms with Crippen molar-refractivity contribution in [3.63, 3.8) is 0 Å². The summed E-state index contributed by atoms with van der Waals surface area (Å²) in [5, 5.41) is 2.81. The van der Waals surface area contributed by atoms with Gasteiger partial charge in [0.1, 0.15) is 0 Å². The number of hydrogen-bond acceptors (Lipinski definition) is 1. The molecule has 1 N–H and O–H groups in total. The Labute approximate surface area is 96.5 Å². The van der Waals surface area contributed by atoms with Gasteiger partial charge in [0, 0.05) is 18.8 Å². The lowest BCUT2D eigenvalue weighted by Gasteiger charge is -2.17. The highest BCUT2D eigenvalue weighted by Crippen LogP contribution is 2.25. The molecule has 0 spiro atoms. The second kappa shape index (κ2) is 4.16. The van der Waals surface area contributed by atoms with Crippen LogP contribution in [0.15, 0.2) is 18.2 Å². The lowest BCUT2D eigenvalue weighted by atomic mass is 9.97. The van der Waals surface area contributed by atoms with E-state index < -0.39 is 0 Å². The molecule has 3 heteroatoms. The summed E-state index contributed by atoms with van der Waals surface area (Å²) in [5.41, 5.74) is 3.60. The molecule has 2 amide bonds. The number of nitrogens with zero attached hydrogens (tertiary/aromatic N) is 1. The van der Waals surface area contributed by atoms with Crippen LogP contribution in [-0.4, -0.2) is 19.1 Å². The summed E-state index contributed by atoms with van der Waals surface area (Å²) >= 11 is 0. The van der Waals surface area contributed by atoms with Gasteiger partial charge in [0.05, 0.1) is 0 Å². The molecule has 16 heavy (non-hydrogen) atoms. The highest BCUT2D eigenvalue weighted by atomic mass is 16.2. The number of rotatable bonds is 2. The van der Waals surface area contributed by atoms with Gasteiger partial charge in [-0.1, -0.05) is 19.9 Å². The van der Waals surface area contributed by atoms with Crippen LogP contribution in [0.1, 0.15) is 30.9 Å². The zero-order chi connectivity index (χ0) is 11.7. The molecular formula is C13H18N2O. The van der Waals surface area contributed by atoms with E-state index in [1.165, 1.54) is 11.1 Å². The SMILES string of the molecule is Cc1cc(N2CCNC2=O)ccc1C(C)C. The summed E-state index contributed by atoms with van der Waals surface area (Å²) in [5.74, 6) is 0.529. The van der Waals surface area contributed by atoms with Gasteiger partial charge in [-0.2, -0.15) is 0 Å². The molecule has 0 atom stereocenters. The zero-order valence-corrected chi connectivity index (χ0v) is 10.1. The second-order valence-electron chi connectivity index (χ2n) is 4.58. The van der Waals surface area contributed by atoms with Gasteiger partial charge in [-0.05, 0) is 36.1 Å². The summed E-state index contributed by atoms with van der Waals surface area (Å²) < 4.78 is 0. The van der Waals surface area contributed by atoms with Crippen molar-refractivity contribution < 1.29 is 4.79 Å². The summed E-state index contributed by atoms with van der Waals surface area (Å²) in [7, 11) is 0. The molecule has 1 saturated heterocycles. The molecule has 1 aliphatic rings. The van der Waals surface area contributed by atoms with E-state index in [9.17, 15) is 4.79 Å². The molecule has 0 unspecified atom stereocenters. The Balaban J connectivity index is 2.30. The monoisotopic (exact) mass is 218 g/mol. The van der Waals surface area contributed by atoms with E-state index in [1.54, 1.807) is 4.90 Å². The van der Waals surface area contributed by atoms with E-state index >= 15 is 0 Å². The number of hydrogen-bond donors (Lipinski definition) is 1. The van der Waals surface area contributed by atoms with E-state index in [1.807, 2.05) is 6.07 Å². The molecule has 0 bridgehead atoms. The highest BCUT2D eigenvalue weighted by molar-refractivity contribution is 5.94. The summed E-state index contributed by atoms with van der Waals surface area (Å²) in [6.45, 7) is 7.98. The van der Waals surface area contributed by atoms with E-state index in [0.29, 0.717) is 5.92 Å². The van der Waals surface area contributed by atoms with Crippen molar-refractivity contribution in [1.82, 2.24) is 5.32 Å². The minimum Gasteiger partial charge on any atom is -0.336 e. The first-order chi connectivity index (χ1) is 7.59. The number of carbonyl (C=O) groups is 1. The van der Waals surface area contributed by atoms with Crippen molar-refractivity contribution in [2.75, 3.05) is 18.0 Å². The normalized spacial score (nSPS) is 15.8. The van der Waals surface area contributed by atoms with Crippen LogP contribution in [0, 0.1) is 6.92 Å². The fourth-order valence-corrected chi connectivity index (χ4v) is 2.19. The van der Waals surface area contributed by atoms with E-state index in [4.69, 9.17) is 0 Å². The van der Waals surface area contributed by atoms with Crippen LogP contribution in [0.2, 0.25) is 0 Å². The molecule has 1 fully saturated rings. The fraction of sp³-hybridized carbons (Fsp3) is 0.462. The maximum absolute atomic E-state index is 11.5. The smallest absolute Gasteiger partial charge is 0.321 e. The van der Waals surface area contributed by atoms with Gasteiger partial charge in [0.25, 0.3) is 0 Å². The number of benzene rings is 1. The molecule has 2 rings (SSSR count). The van der Waals surface area contributed by atoms with Gasteiger partial charge >= 0.3 is 6.03 Å². The third-order valence-electron chi connectivity index (χ3n) is 3.04. The molecule has 0 aliphatic carbocycles. The van der Waals surface area contributed by atoms with Crippen LogP contribution < -0.4 is 10.2 Å². The minimum absolute atomic E-state index is 0.0108. The first-order valence-electron chi connectivity index (χ1n) is 5.75. The highest BCUT2D eigenvalue weighted by Gasteiger charge is 2.21. The Morgan fingerprint density at radius 2 is 2.12 bits per heavy atom. The van der Waals surface area contributed by atoms with E-state index in [0.717, 1.165) is 18.8 Å². The standard InChI is InChI=1S/C13H18N2O/c1-9(2)12-5-4-11(8-10(12)3)15-7-6-14-13(15)16/h4-5,8-9H,6-7H2,1-3H3,(H,14,16). The van der Waals surface area contributed by atoms with Crippen LogP contribution in [0.3, 0.4) is 0 Å². The van der Waals surface area contributed by atoms with E-state index in [-0.39, 0.29) is 6.03 Å². The van der Waals surface area contributed by atoms with Gasteiger partial charge in [0.15, 0.2) is 0 Å². The van der Waals surface area contributed by atoms with Gasteiger partial charge in [-0.25, -0.2) is 4.79 Å². The van der Waals surface area contributed by atoms with Crippen LogP contribution in [0.25, 0.3) is 0 Å². The Bertz CT molecular complexity index is 412. The average Bonchev–Trinajstić information content (AvgIpc) is 2.63. The number of urea groups is 1. The van der Waals surface area contributed by atoms with Crippen molar-refractivity contribution in [3.05, 3.63) is 29.3 Å². The Hall–Kier alpha value is -1.51. The summed E-state index contributed by atoms with van der Waals surface area (Å²) in [6, 6.07) is 6.27. The predicted octanol–water partition coefficient (Wildman–Crippen LogP) is 2.65. The third-order valence-corrected chi connectivity index (χ3v) is 3.04. The van der Waals surface area contributed by atoms with Crippen molar-refractivity contribution in [1.29, 1.82) is 0 Å². The Kier molecular flexibility index (Phi) is 2.86. The molecule has 3 nitrogen and oxygen atoms in total. The Morgan fingerprint density at radius 3 is 2.62 bits per heavy atom. The van der Waals surface area contributed by atoms with Gasteiger partial charge in [-0.15, -0.1) is 0 Å². The molecule has 0 saturated carbocycles. The van der Waals surface area contributed by atoms with Crippen molar-refractivity contribution in [2.24, 2.45) is 0 Å². The van der Waals surface area contributed by atoms with Crippen LogP contribution in [0.4, 0.5) is 10.5 Å². The molecule has 1 aromatic rings. The quantitative estimate of drug-likeness (QED) is 0.813.